The van der Waals surface area contributed by atoms with Crippen molar-refractivity contribution in [3.05, 3.63) is 46.6 Å². The lowest BCUT2D eigenvalue weighted by molar-refractivity contribution is -0.114. The standard InChI is InChI=1S/C24H28ClN5O3/c1-16(31)26-21-7-12-30(27-21)23(33)28-13-9-24(10-14-28)8-2-11-29(24)22(32)18-5-6-20(25)19(15-18)17-3-4-17/h5-7,12,15,17H,2-4,8-11,13-14H2,1H3,(H,26,27,31). The zero-order valence-electron chi connectivity index (χ0n) is 18.7. The molecule has 2 saturated heterocycles. The van der Waals surface area contributed by atoms with E-state index < -0.39 is 0 Å². The van der Waals surface area contributed by atoms with Gasteiger partial charge in [-0.2, -0.15) is 4.68 Å². The van der Waals surface area contributed by atoms with Gasteiger partial charge in [0.05, 0.1) is 0 Å². The van der Waals surface area contributed by atoms with Crippen molar-refractivity contribution in [2.75, 3.05) is 25.0 Å². The third-order valence-electron chi connectivity index (χ3n) is 7.16. The molecule has 0 unspecified atom stereocenters. The number of rotatable bonds is 3. The van der Waals surface area contributed by atoms with Crippen LogP contribution in [0.15, 0.2) is 30.5 Å². The Morgan fingerprint density at radius 3 is 2.55 bits per heavy atom. The third kappa shape index (κ3) is 4.24. The fourth-order valence-corrected chi connectivity index (χ4v) is 5.52. The monoisotopic (exact) mass is 469 g/mol. The van der Waals surface area contributed by atoms with Crippen molar-refractivity contribution in [3.63, 3.8) is 0 Å². The van der Waals surface area contributed by atoms with Crippen LogP contribution < -0.4 is 5.32 Å². The highest BCUT2D eigenvalue weighted by atomic mass is 35.5. The minimum Gasteiger partial charge on any atom is -0.333 e. The summed E-state index contributed by atoms with van der Waals surface area (Å²) in [7, 11) is 0. The molecule has 3 fully saturated rings. The number of hydrogen-bond acceptors (Lipinski definition) is 4. The van der Waals surface area contributed by atoms with E-state index in [4.69, 9.17) is 11.6 Å². The minimum absolute atomic E-state index is 0.0675. The maximum atomic E-state index is 13.5. The van der Waals surface area contributed by atoms with Gasteiger partial charge >= 0.3 is 6.03 Å². The summed E-state index contributed by atoms with van der Waals surface area (Å²) in [5, 5.41) is 7.48. The highest BCUT2D eigenvalue weighted by molar-refractivity contribution is 6.31. The molecule has 1 aromatic carbocycles. The Bertz CT molecular complexity index is 1100. The fraction of sp³-hybridized carbons (Fsp3) is 0.500. The molecule has 1 aliphatic carbocycles. The molecular formula is C24H28ClN5O3. The van der Waals surface area contributed by atoms with Gasteiger partial charge in [-0.3, -0.25) is 9.59 Å². The Hall–Kier alpha value is -2.87. The van der Waals surface area contributed by atoms with Crippen molar-refractivity contribution >= 4 is 35.3 Å². The molecular weight excluding hydrogens is 442 g/mol. The van der Waals surface area contributed by atoms with Gasteiger partial charge in [-0.1, -0.05) is 11.6 Å². The molecule has 1 aromatic heterocycles. The summed E-state index contributed by atoms with van der Waals surface area (Å²) in [6.45, 7) is 3.27. The summed E-state index contributed by atoms with van der Waals surface area (Å²) in [4.78, 5) is 41.4. The van der Waals surface area contributed by atoms with Crippen molar-refractivity contribution in [2.24, 2.45) is 0 Å². The van der Waals surface area contributed by atoms with E-state index in [1.807, 2.05) is 23.1 Å². The normalized spacial score (nSPS) is 19.7. The first kappa shape index (κ1) is 21.9. The van der Waals surface area contributed by atoms with Crippen LogP contribution in [0.3, 0.4) is 0 Å². The number of nitrogens with one attached hydrogen (secondary N) is 1. The zero-order valence-corrected chi connectivity index (χ0v) is 19.5. The first-order chi connectivity index (χ1) is 15.9. The SMILES string of the molecule is CC(=O)Nc1ccn(C(=O)N2CCC3(CCCN3C(=O)c3ccc(Cl)c(C4CC4)c3)CC2)n1. The van der Waals surface area contributed by atoms with E-state index in [0.717, 1.165) is 55.7 Å². The Morgan fingerprint density at radius 1 is 1.09 bits per heavy atom. The predicted molar refractivity (Wildman–Crippen MR) is 125 cm³/mol. The number of benzene rings is 1. The summed E-state index contributed by atoms with van der Waals surface area (Å²) >= 11 is 6.37. The molecule has 1 N–H and O–H groups in total. The zero-order chi connectivity index (χ0) is 23.2. The topological polar surface area (TPSA) is 87.5 Å². The third-order valence-corrected chi connectivity index (χ3v) is 7.50. The maximum Gasteiger partial charge on any atom is 0.344 e. The van der Waals surface area contributed by atoms with Crippen LogP contribution in [-0.4, -0.2) is 62.6 Å². The number of likely N-dealkylation sites (tertiary alicyclic amines) is 2. The second-order valence-electron chi connectivity index (χ2n) is 9.39. The van der Waals surface area contributed by atoms with Crippen LogP contribution in [0.4, 0.5) is 10.6 Å². The van der Waals surface area contributed by atoms with E-state index in [1.54, 1.807) is 17.2 Å². The molecule has 8 nitrogen and oxygen atoms in total. The molecule has 5 rings (SSSR count). The summed E-state index contributed by atoms with van der Waals surface area (Å²) in [6, 6.07) is 7.06. The Morgan fingerprint density at radius 2 is 1.85 bits per heavy atom. The average Bonchev–Trinajstić information content (AvgIpc) is 3.41. The molecule has 174 valence electrons. The van der Waals surface area contributed by atoms with E-state index >= 15 is 0 Å². The Balaban J connectivity index is 1.27. The number of piperidine rings is 1. The molecule has 3 aliphatic rings. The van der Waals surface area contributed by atoms with E-state index in [9.17, 15) is 14.4 Å². The van der Waals surface area contributed by atoms with Gasteiger partial charge in [-0.25, -0.2) is 4.79 Å². The molecule has 0 radical (unpaired) electrons. The van der Waals surface area contributed by atoms with Gasteiger partial charge in [-0.15, -0.1) is 5.10 Å². The molecule has 9 heteroatoms. The molecule has 1 spiro atoms. The number of carbonyl (C=O) groups is 3. The smallest absolute Gasteiger partial charge is 0.333 e. The molecule has 1 saturated carbocycles. The van der Waals surface area contributed by atoms with E-state index in [-0.39, 0.29) is 23.4 Å². The second-order valence-corrected chi connectivity index (χ2v) is 9.80. The summed E-state index contributed by atoms with van der Waals surface area (Å²) in [5.74, 6) is 0.673. The predicted octanol–water partition coefficient (Wildman–Crippen LogP) is 4.11. The highest BCUT2D eigenvalue weighted by Crippen LogP contribution is 2.44. The van der Waals surface area contributed by atoms with E-state index in [2.05, 4.69) is 10.4 Å². The number of anilines is 1. The number of carbonyl (C=O) groups excluding carboxylic acids is 3. The highest BCUT2D eigenvalue weighted by Gasteiger charge is 2.46. The van der Waals surface area contributed by atoms with Gasteiger partial charge < -0.3 is 15.1 Å². The largest absolute Gasteiger partial charge is 0.344 e. The lowest BCUT2D eigenvalue weighted by atomic mass is 9.84. The average molecular weight is 470 g/mol. The van der Waals surface area contributed by atoms with Gasteiger partial charge in [0.1, 0.15) is 0 Å². The minimum atomic E-state index is -0.233. The number of aromatic nitrogens is 2. The molecule has 33 heavy (non-hydrogen) atoms. The van der Waals surface area contributed by atoms with Gasteiger partial charge in [0.2, 0.25) is 5.91 Å². The van der Waals surface area contributed by atoms with E-state index in [0.29, 0.717) is 30.4 Å². The molecule has 3 heterocycles. The second kappa shape index (κ2) is 8.48. The van der Waals surface area contributed by atoms with Gasteiger partial charge in [0, 0.05) is 54.9 Å². The maximum absolute atomic E-state index is 13.5. The summed E-state index contributed by atoms with van der Waals surface area (Å²) in [5.41, 5.74) is 1.59. The molecule has 2 aromatic rings. The number of halogens is 1. The summed E-state index contributed by atoms with van der Waals surface area (Å²) < 4.78 is 1.26. The fourth-order valence-electron chi connectivity index (χ4n) is 5.25. The van der Waals surface area contributed by atoms with Crippen LogP contribution in [0.2, 0.25) is 5.02 Å². The van der Waals surface area contributed by atoms with Gasteiger partial charge in [-0.05, 0) is 68.2 Å². The van der Waals surface area contributed by atoms with Crippen molar-refractivity contribution in [2.45, 2.75) is 56.9 Å². The van der Waals surface area contributed by atoms with Crippen molar-refractivity contribution in [1.82, 2.24) is 19.6 Å². The van der Waals surface area contributed by atoms with Gasteiger partial charge in [0.25, 0.3) is 5.91 Å². The van der Waals surface area contributed by atoms with Crippen LogP contribution in [0.1, 0.15) is 67.3 Å². The lowest BCUT2D eigenvalue weighted by Crippen LogP contribution is -2.55. The van der Waals surface area contributed by atoms with E-state index in [1.165, 1.54) is 11.6 Å². The van der Waals surface area contributed by atoms with Crippen LogP contribution in [-0.2, 0) is 4.79 Å². The van der Waals surface area contributed by atoms with Crippen molar-refractivity contribution < 1.29 is 14.4 Å². The van der Waals surface area contributed by atoms with Gasteiger partial charge in [0.15, 0.2) is 5.82 Å². The molecule has 0 bridgehead atoms. The Kier molecular flexibility index (Phi) is 5.64. The van der Waals surface area contributed by atoms with Crippen molar-refractivity contribution in [1.29, 1.82) is 0 Å². The number of hydrogen-bond donors (Lipinski definition) is 1. The molecule has 2 aliphatic heterocycles. The first-order valence-electron chi connectivity index (χ1n) is 11.6. The van der Waals surface area contributed by atoms with Crippen LogP contribution in [0, 0.1) is 0 Å². The van der Waals surface area contributed by atoms with Crippen LogP contribution in [0.5, 0.6) is 0 Å². The first-order valence-corrected chi connectivity index (χ1v) is 12.0. The number of amides is 3. The molecule has 0 atom stereocenters. The van der Waals surface area contributed by atoms with Crippen molar-refractivity contribution in [3.8, 4) is 0 Å². The molecule has 3 amide bonds. The van der Waals surface area contributed by atoms with Crippen LogP contribution in [0.25, 0.3) is 0 Å². The Labute approximate surface area is 197 Å². The quantitative estimate of drug-likeness (QED) is 0.732. The van der Waals surface area contributed by atoms with Crippen LogP contribution >= 0.6 is 11.6 Å². The number of nitrogens with zero attached hydrogens (tertiary/aromatic N) is 4. The lowest BCUT2D eigenvalue weighted by Gasteiger charge is -2.44. The summed E-state index contributed by atoms with van der Waals surface area (Å²) in [6.07, 6.45) is 7.25.